The van der Waals surface area contributed by atoms with Gasteiger partial charge in [-0.05, 0) is 62.4 Å². The molecule has 5 heteroatoms. The Bertz CT molecular complexity index is 780. The average molecular weight is 348 g/mol. The molecule has 136 valence electrons. The molecule has 1 heterocycles. The third kappa shape index (κ3) is 3.91. The highest BCUT2D eigenvalue weighted by Crippen LogP contribution is 2.24. The van der Waals surface area contributed by atoms with Gasteiger partial charge in [0.25, 0.3) is 5.91 Å². The zero-order valence-corrected chi connectivity index (χ0v) is 15.5. The first-order chi connectivity index (χ1) is 11.8. The molecule has 0 bridgehead atoms. The van der Waals surface area contributed by atoms with Crippen LogP contribution in [0, 0.1) is 25.5 Å². The lowest BCUT2D eigenvalue weighted by Crippen LogP contribution is -2.34. The highest BCUT2D eigenvalue weighted by Gasteiger charge is 2.22. The van der Waals surface area contributed by atoms with E-state index >= 15 is 0 Å². The molecule has 0 aliphatic rings. The summed E-state index contributed by atoms with van der Waals surface area (Å²) < 4.78 is 28.6. The summed E-state index contributed by atoms with van der Waals surface area (Å²) in [6, 6.07) is 3.93. The summed E-state index contributed by atoms with van der Waals surface area (Å²) in [7, 11) is 0. The summed E-state index contributed by atoms with van der Waals surface area (Å²) in [5.41, 5.74) is 4.27. The topological polar surface area (TPSA) is 34.0 Å². The number of benzene rings is 1. The summed E-state index contributed by atoms with van der Waals surface area (Å²) in [6.07, 6.45) is 1.65. The van der Waals surface area contributed by atoms with Crippen molar-refractivity contribution in [3.8, 4) is 0 Å². The van der Waals surface area contributed by atoms with Crippen LogP contribution in [-0.4, -0.2) is 16.5 Å². The first-order valence-electron chi connectivity index (χ1n) is 8.73. The van der Waals surface area contributed by atoms with Gasteiger partial charge in [0.1, 0.15) is 5.69 Å². The molecule has 3 nitrogen and oxygen atoms in total. The number of aromatic nitrogens is 1. The number of amides is 1. The molecule has 25 heavy (non-hydrogen) atoms. The Kier molecular flexibility index (Phi) is 5.98. The van der Waals surface area contributed by atoms with E-state index < -0.39 is 11.6 Å². The van der Waals surface area contributed by atoms with E-state index in [0.717, 1.165) is 35.7 Å². The van der Waals surface area contributed by atoms with Crippen LogP contribution in [-0.2, 0) is 13.0 Å². The lowest BCUT2D eigenvalue weighted by Gasteiger charge is -2.16. The smallest absolute Gasteiger partial charge is 0.268 e. The summed E-state index contributed by atoms with van der Waals surface area (Å²) >= 11 is 0. The van der Waals surface area contributed by atoms with Crippen molar-refractivity contribution >= 4 is 5.91 Å². The fourth-order valence-electron chi connectivity index (χ4n) is 3.17. The molecule has 1 aromatic carbocycles. The fourth-order valence-corrected chi connectivity index (χ4v) is 3.17. The molecule has 0 saturated heterocycles. The van der Waals surface area contributed by atoms with E-state index in [9.17, 15) is 13.6 Å². The number of rotatable bonds is 6. The van der Waals surface area contributed by atoms with Crippen LogP contribution < -0.4 is 5.32 Å². The van der Waals surface area contributed by atoms with E-state index in [0.29, 0.717) is 17.8 Å². The Labute approximate surface area is 148 Å². The van der Waals surface area contributed by atoms with Crippen LogP contribution in [0.15, 0.2) is 18.2 Å². The van der Waals surface area contributed by atoms with Crippen molar-refractivity contribution in [2.45, 2.75) is 60.0 Å². The molecule has 0 fully saturated rings. The van der Waals surface area contributed by atoms with Gasteiger partial charge < -0.3 is 9.88 Å². The Hall–Kier alpha value is -2.17. The SMILES string of the molecule is CCc1c(C)c(C(=O)N[C@H](C)CC)n(Cc2ccc(F)c(F)c2)c1C. The van der Waals surface area contributed by atoms with Gasteiger partial charge in [0.2, 0.25) is 0 Å². The molecule has 0 aliphatic heterocycles. The molecule has 0 saturated carbocycles. The maximum Gasteiger partial charge on any atom is 0.268 e. The maximum atomic E-state index is 13.5. The minimum absolute atomic E-state index is 0.0731. The van der Waals surface area contributed by atoms with Crippen molar-refractivity contribution < 1.29 is 13.6 Å². The van der Waals surface area contributed by atoms with Crippen LogP contribution in [0.3, 0.4) is 0 Å². The standard InChI is InChI=1S/C20H26F2N2O/c1-6-12(3)23-20(25)19-13(4)16(7-2)14(5)24(19)11-15-8-9-17(21)18(22)10-15/h8-10,12H,6-7,11H2,1-5H3,(H,23,25)/t12-/m1/s1. The quantitative estimate of drug-likeness (QED) is 0.818. The minimum atomic E-state index is -0.875. The highest BCUT2D eigenvalue weighted by molar-refractivity contribution is 5.95. The van der Waals surface area contributed by atoms with Gasteiger partial charge in [0.05, 0.1) is 0 Å². The monoisotopic (exact) mass is 348 g/mol. The third-order valence-corrected chi connectivity index (χ3v) is 4.80. The Balaban J connectivity index is 2.48. The van der Waals surface area contributed by atoms with Crippen molar-refractivity contribution in [1.82, 2.24) is 9.88 Å². The zero-order valence-electron chi connectivity index (χ0n) is 15.5. The van der Waals surface area contributed by atoms with Crippen molar-refractivity contribution in [2.75, 3.05) is 0 Å². The number of carbonyl (C=O) groups excluding carboxylic acids is 1. The van der Waals surface area contributed by atoms with Gasteiger partial charge in [-0.25, -0.2) is 8.78 Å². The maximum absolute atomic E-state index is 13.5. The molecule has 2 aromatic rings. The van der Waals surface area contributed by atoms with E-state index in [1.165, 1.54) is 6.07 Å². The minimum Gasteiger partial charge on any atom is -0.348 e. The second-order valence-corrected chi connectivity index (χ2v) is 6.51. The summed E-state index contributed by atoms with van der Waals surface area (Å²) in [4.78, 5) is 12.8. The third-order valence-electron chi connectivity index (χ3n) is 4.80. The molecule has 1 atom stereocenters. The predicted molar refractivity (Wildman–Crippen MR) is 96.0 cm³/mol. The van der Waals surface area contributed by atoms with E-state index in [-0.39, 0.29) is 11.9 Å². The van der Waals surface area contributed by atoms with Crippen molar-refractivity contribution in [1.29, 1.82) is 0 Å². The van der Waals surface area contributed by atoms with E-state index in [1.807, 2.05) is 39.2 Å². The van der Waals surface area contributed by atoms with Gasteiger partial charge in [-0.2, -0.15) is 0 Å². The second kappa shape index (κ2) is 7.81. The molecule has 1 N–H and O–H groups in total. The molecule has 0 aliphatic carbocycles. The molecule has 0 spiro atoms. The van der Waals surface area contributed by atoms with Crippen LogP contribution in [0.1, 0.15) is 60.1 Å². The van der Waals surface area contributed by atoms with Gasteiger partial charge in [0.15, 0.2) is 11.6 Å². The number of halogens is 2. The largest absolute Gasteiger partial charge is 0.348 e. The van der Waals surface area contributed by atoms with Gasteiger partial charge in [0, 0.05) is 18.3 Å². The van der Waals surface area contributed by atoms with E-state index in [1.54, 1.807) is 6.07 Å². The van der Waals surface area contributed by atoms with Gasteiger partial charge in [-0.1, -0.05) is 19.9 Å². The van der Waals surface area contributed by atoms with Crippen LogP contribution in [0.5, 0.6) is 0 Å². The molecule has 0 unspecified atom stereocenters. The fraction of sp³-hybridized carbons (Fsp3) is 0.450. The van der Waals surface area contributed by atoms with Crippen molar-refractivity contribution in [2.24, 2.45) is 0 Å². The summed E-state index contributed by atoms with van der Waals surface area (Å²) in [5, 5.41) is 3.00. The van der Waals surface area contributed by atoms with Gasteiger partial charge >= 0.3 is 0 Å². The highest BCUT2D eigenvalue weighted by atomic mass is 19.2. The number of nitrogens with one attached hydrogen (secondary N) is 1. The van der Waals surface area contributed by atoms with Gasteiger partial charge in [-0.3, -0.25) is 4.79 Å². The molecular formula is C20H26F2N2O. The first kappa shape index (κ1) is 19.2. The molecule has 1 aromatic heterocycles. The Morgan fingerprint density at radius 2 is 1.88 bits per heavy atom. The van der Waals surface area contributed by atoms with Gasteiger partial charge in [-0.15, -0.1) is 0 Å². The van der Waals surface area contributed by atoms with Crippen LogP contribution >= 0.6 is 0 Å². The van der Waals surface area contributed by atoms with Crippen LogP contribution in [0.25, 0.3) is 0 Å². The molecular weight excluding hydrogens is 322 g/mol. The molecule has 1 amide bonds. The van der Waals surface area contributed by atoms with E-state index in [4.69, 9.17) is 0 Å². The van der Waals surface area contributed by atoms with Crippen molar-refractivity contribution in [3.63, 3.8) is 0 Å². The first-order valence-corrected chi connectivity index (χ1v) is 8.73. The van der Waals surface area contributed by atoms with Crippen LogP contribution in [0.4, 0.5) is 8.78 Å². The lowest BCUT2D eigenvalue weighted by atomic mass is 10.1. The summed E-state index contributed by atoms with van der Waals surface area (Å²) in [5.74, 6) is -1.87. The van der Waals surface area contributed by atoms with Crippen LogP contribution in [0.2, 0.25) is 0 Å². The number of carbonyl (C=O) groups is 1. The zero-order chi connectivity index (χ0) is 18.7. The molecule has 2 rings (SSSR count). The Morgan fingerprint density at radius 1 is 1.20 bits per heavy atom. The number of nitrogens with zero attached hydrogens (tertiary/aromatic N) is 1. The van der Waals surface area contributed by atoms with Crippen molar-refractivity contribution in [3.05, 3.63) is 57.9 Å². The second-order valence-electron chi connectivity index (χ2n) is 6.51. The average Bonchev–Trinajstić information content (AvgIpc) is 2.80. The normalized spacial score (nSPS) is 12.3. The number of hydrogen-bond acceptors (Lipinski definition) is 1. The number of hydrogen-bond donors (Lipinski definition) is 1. The summed E-state index contributed by atoms with van der Waals surface area (Å²) in [6.45, 7) is 10.3. The lowest BCUT2D eigenvalue weighted by molar-refractivity contribution is 0.0929. The van der Waals surface area contributed by atoms with E-state index in [2.05, 4.69) is 5.32 Å². The Morgan fingerprint density at radius 3 is 2.44 bits per heavy atom. The molecule has 0 radical (unpaired) electrons. The predicted octanol–water partition coefficient (Wildman–Crippen LogP) is 4.52.